The molecular weight excluding hydrogens is 429 g/mol. The van der Waals surface area contributed by atoms with Gasteiger partial charge in [0.15, 0.2) is 7.14 Å². The summed E-state index contributed by atoms with van der Waals surface area (Å²) in [6, 6.07) is 29.1. The summed E-state index contributed by atoms with van der Waals surface area (Å²) in [5.74, 6) is 0. The summed E-state index contributed by atoms with van der Waals surface area (Å²) in [6.07, 6.45) is 0. The van der Waals surface area contributed by atoms with Gasteiger partial charge in [0.1, 0.15) is 0 Å². The van der Waals surface area contributed by atoms with E-state index in [1.54, 1.807) is 0 Å². The van der Waals surface area contributed by atoms with Crippen LogP contribution in [0.2, 0.25) is 0 Å². The zero-order valence-corrected chi connectivity index (χ0v) is 17.2. The van der Waals surface area contributed by atoms with Gasteiger partial charge in [0.25, 0.3) is 0 Å². The van der Waals surface area contributed by atoms with E-state index in [9.17, 15) is 4.57 Å². The van der Waals surface area contributed by atoms with Gasteiger partial charge in [-0.15, -0.1) is 0 Å². The zero-order valence-electron chi connectivity index (χ0n) is 12.7. The van der Waals surface area contributed by atoms with Crippen molar-refractivity contribution in [2.75, 3.05) is 0 Å². The van der Waals surface area contributed by atoms with Gasteiger partial charge >= 0.3 is 17.1 Å². The molecule has 24 heavy (non-hydrogen) atoms. The molecule has 3 aromatic carbocycles. The first-order valence-electron chi connectivity index (χ1n) is 6.89. The number of benzene rings is 3. The molecule has 3 aromatic rings. The van der Waals surface area contributed by atoms with E-state index in [-0.39, 0.29) is 17.1 Å². The quantitative estimate of drug-likeness (QED) is 0.453. The van der Waals surface area contributed by atoms with E-state index in [2.05, 4.69) is 27.6 Å². The first-order valence-corrected chi connectivity index (χ1v) is 9.22. The van der Waals surface area contributed by atoms with E-state index in [0.29, 0.717) is 0 Å². The predicted octanol–water partition coefficient (Wildman–Crippen LogP) is 3.72. The molecule has 126 valence electrons. The first-order chi connectivity index (χ1) is 11.2. The van der Waals surface area contributed by atoms with Crippen molar-refractivity contribution in [2.24, 2.45) is 0 Å². The SMILES string of the molecule is ClOCl.O=P(c1ccccc1)(c1ccccc1)c1ccccc1.[SeH2]. The molecule has 0 heterocycles. The third-order valence-electron chi connectivity index (χ3n) is 3.36. The average Bonchev–Trinajstić information content (AvgIpc) is 2.64. The third kappa shape index (κ3) is 4.97. The van der Waals surface area contributed by atoms with Gasteiger partial charge in [-0.1, -0.05) is 91.0 Å². The summed E-state index contributed by atoms with van der Waals surface area (Å²) in [5, 5.41) is 2.62. The number of rotatable bonds is 3. The molecule has 3 rings (SSSR count). The molecule has 0 atom stereocenters. The molecule has 0 spiro atoms. The Hall–Kier alpha value is -1.05. The second kappa shape index (κ2) is 10.7. The van der Waals surface area contributed by atoms with E-state index in [4.69, 9.17) is 0 Å². The molecule has 0 aliphatic carbocycles. The fourth-order valence-corrected chi connectivity index (χ4v) is 5.03. The van der Waals surface area contributed by atoms with Crippen molar-refractivity contribution in [3.8, 4) is 0 Å². The molecule has 0 aliphatic heterocycles. The van der Waals surface area contributed by atoms with Crippen LogP contribution in [0.15, 0.2) is 91.0 Å². The third-order valence-corrected chi connectivity index (χ3v) is 6.44. The van der Waals surface area contributed by atoms with Crippen molar-refractivity contribution in [3.05, 3.63) is 91.0 Å². The van der Waals surface area contributed by atoms with Crippen LogP contribution in [0, 0.1) is 0 Å². The maximum absolute atomic E-state index is 13.8. The second-order valence-electron chi connectivity index (χ2n) is 4.67. The first kappa shape index (κ1) is 21.0. The summed E-state index contributed by atoms with van der Waals surface area (Å²) >= 11 is 8.53. The van der Waals surface area contributed by atoms with E-state index >= 15 is 0 Å². The molecule has 0 saturated carbocycles. The molecule has 0 aliphatic rings. The van der Waals surface area contributed by atoms with Gasteiger partial charge < -0.3 is 4.57 Å². The molecule has 0 N–H and O–H groups in total. The van der Waals surface area contributed by atoms with E-state index in [1.807, 2.05) is 91.0 Å². The van der Waals surface area contributed by atoms with Crippen molar-refractivity contribution in [2.45, 2.75) is 0 Å². The van der Waals surface area contributed by atoms with Crippen LogP contribution >= 0.6 is 30.9 Å². The van der Waals surface area contributed by atoms with Crippen LogP contribution in [-0.4, -0.2) is 17.1 Å². The molecule has 0 radical (unpaired) electrons. The Morgan fingerprint density at radius 2 is 0.792 bits per heavy atom. The van der Waals surface area contributed by atoms with Crippen molar-refractivity contribution in [1.29, 1.82) is 0 Å². The monoisotopic (exact) mass is 446 g/mol. The second-order valence-corrected chi connectivity index (χ2v) is 7.91. The molecule has 0 saturated heterocycles. The molecule has 2 nitrogen and oxygen atoms in total. The van der Waals surface area contributed by atoms with E-state index in [0.717, 1.165) is 15.9 Å². The normalized spacial score (nSPS) is 10.1. The Kier molecular flexibility index (Phi) is 9.39. The summed E-state index contributed by atoms with van der Waals surface area (Å²) in [6.45, 7) is 0. The fraction of sp³-hybridized carbons (Fsp3) is 0. The van der Waals surface area contributed by atoms with Crippen LogP contribution in [-0.2, 0) is 8.41 Å². The number of halogens is 2. The molecule has 0 bridgehead atoms. The Morgan fingerprint density at radius 1 is 0.583 bits per heavy atom. The minimum atomic E-state index is -2.78. The van der Waals surface area contributed by atoms with Crippen LogP contribution in [0.5, 0.6) is 0 Å². The van der Waals surface area contributed by atoms with E-state index in [1.165, 1.54) is 0 Å². The Balaban J connectivity index is 0.000000671. The Bertz CT molecular complexity index is 652. The predicted molar refractivity (Wildman–Crippen MR) is 107 cm³/mol. The standard InChI is InChI=1S/C18H15OP.Cl2O.H2Se/c19-20(16-10-4-1-5-11-16,17-12-6-2-7-13-17)18-14-8-3-9-15-18;1-3-2;/h1-15H;;1H2. The zero-order chi connectivity index (χ0) is 16.5. The van der Waals surface area contributed by atoms with Gasteiger partial charge in [0.2, 0.25) is 0 Å². The molecule has 0 aromatic heterocycles. The Morgan fingerprint density at radius 3 is 1.00 bits per heavy atom. The number of hydrogen-bond donors (Lipinski definition) is 0. The summed E-state index contributed by atoms with van der Waals surface area (Å²) in [7, 11) is -2.78. The minimum absolute atomic E-state index is 0. The molecule has 0 fully saturated rings. The van der Waals surface area contributed by atoms with Gasteiger partial charge in [-0.05, 0) is 0 Å². The topological polar surface area (TPSA) is 26.3 Å². The van der Waals surface area contributed by atoms with Crippen molar-refractivity contribution < 1.29 is 8.41 Å². The summed E-state index contributed by atoms with van der Waals surface area (Å²) < 4.78 is 17.0. The van der Waals surface area contributed by atoms with Crippen molar-refractivity contribution in [1.82, 2.24) is 0 Å². The van der Waals surface area contributed by atoms with Gasteiger partial charge in [0.05, 0.1) is 23.7 Å². The van der Waals surface area contributed by atoms with Gasteiger partial charge in [-0.25, -0.2) is 0 Å². The van der Waals surface area contributed by atoms with Crippen LogP contribution in [0.25, 0.3) is 0 Å². The Labute approximate surface area is 163 Å². The van der Waals surface area contributed by atoms with Gasteiger partial charge in [-0.3, -0.25) is 0 Å². The number of hydrogen-bond acceptors (Lipinski definition) is 2. The van der Waals surface area contributed by atoms with E-state index < -0.39 is 7.14 Å². The summed E-state index contributed by atoms with van der Waals surface area (Å²) in [4.78, 5) is 0. The molecule has 0 amide bonds. The summed E-state index contributed by atoms with van der Waals surface area (Å²) in [5.41, 5.74) is 0. The average molecular weight is 446 g/mol. The molecule has 0 unspecified atom stereocenters. The molecule has 6 heteroatoms. The maximum atomic E-state index is 13.8. The van der Waals surface area contributed by atoms with Crippen LogP contribution in [0.1, 0.15) is 0 Å². The fourth-order valence-electron chi connectivity index (χ4n) is 2.36. The molecular formula is C18H17Cl2O2PSe. The van der Waals surface area contributed by atoms with Crippen LogP contribution in [0.4, 0.5) is 0 Å². The van der Waals surface area contributed by atoms with Gasteiger partial charge in [0, 0.05) is 15.9 Å². The van der Waals surface area contributed by atoms with Crippen molar-refractivity contribution in [3.63, 3.8) is 0 Å². The van der Waals surface area contributed by atoms with Crippen molar-refractivity contribution >= 4 is 63.9 Å². The van der Waals surface area contributed by atoms with Crippen LogP contribution < -0.4 is 15.9 Å². The van der Waals surface area contributed by atoms with Gasteiger partial charge in [-0.2, -0.15) is 3.84 Å². The van der Waals surface area contributed by atoms with Crippen LogP contribution in [0.3, 0.4) is 0 Å².